The second-order valence-electron chi connectivity index (χ2n) is 5.87. The van der Waals surface area contributed by atoms with E-state index in [1.165, 1.54) is 12.1 Å². The third-order valence-electron chi connectivity index (χ3n) is 4.01. The molecule has 7 heteroatoms. The van der Waals surface area contributed by atoms with E-state index in [4.69, 9.17) is 0 Å². The molecule has 0 saturated carbocycles. The third kappa shape index (κ3) is 4.54. The molecular weight excluding hydrogens is 320 g/mol. The van der Waals surface area contributed by atoms with E-state index >= 15 is 0 Å². The van der Waals surface area contributed by atoms with E-state index in [1.54, 1.807) is 41.2 Å². The molecule has 25 heavy (non-hydrogen) atoms. The Morgan fingerprint density at radius 3 is 2.28 bits per heavy atom. The molecule has 7 nitrogen and oxygen atoms in total. The Bertz CT molecular complexity index is 787. The molecule has 0 radical (unpaired) electrons. The third-order valence-corrected chi connectivity index (χ3v) is 4.01. The van der Waals surface area contributed by atoms with Gasteiger partial charge < -0.3 is 20.1 Å². The van der Waals surface area contributed by atoms with Gasteiger partial charge in [0.1, 0.15) is 6.54 Å². The first-order chi connectivity index (χ1) is 12.1. The molecule has 1 aromatic heterocycles. The molecule has 0 aliphatic carbocycles. The van der Waals surface area contributed by atoms with Crippen LogP contribution in [-0.4, -0.2) is 47.5 Å². The summed E-state index contributed by atoms with van der Waals surface area (Å²) in [5.74, 6) is -0.197. The Kier molecular flexibility index (Phi) is 5.25. The minimum atomic E-state index is -0.204. The van der Waals surface area contributed by atoms with Gasteiger partial charge in [0.25, 0.3) is 5.91 Å². The maximum atomic E-state index is 12.4. The monoisotopic (exact) mass is 340 g/mol. The average molecular weight is 340 g/mol. The van der Waals surface area contributed by atoms with Gasteiger partial charge in [-0.05, 0) is 24.3 Å². The predicted octanol–water partition coefficient (Wildman–Crippen LogP) is 0.532. The van der Waals surface area contributed by atoms with Crippen molar-refractivity contribution in [3.8, 4) is 0 Å². The van der Waals surface area contributed by atoms with Crippen LogP contribution < -0.4 is 16.1 Å². The van der Waals surface area contributed by atoms with E-state index in [0.29, 0.717) is 24.3 Å². The quantitative estimate of drug-likeness (QED) is 0.851. The maximum absolute atomic E-state index is 12.4. The average Bonchev–Trinajstić information content (AvgIpc) is 2.64. The van der Waals surface area contributed by atoms with E-state index in [-0.39, 0.29) is 23.8 Å². The number of nitrogens with zero attached hydrogens (tertiary/aromatic N) is 2. The Hall–Kier alpha value is -2.93. The molecule has 1 aromatic carbocycles. The van der Waals surface area contributed by atoms with Gasteiger partial charge >= 0.3 is 0 Å². The van der Waals surface area contributed by atoms with Gasteiger partial charge in [-0.3, -0.25) is 14.4 Å². The van der Waals surface area contributed by atoms with Crippen LogP contribution in [0.4, 0.5) is 5.69 Å². The summed E-state index contributed by atoms with van der Waals surface area (Å²) in [4.78, 5) is 37.3. The molecule has 130 valence electrons. The maximum Gasteiger partial charge on any atom is 0.253 e. The zero-order valence-corrected chi connectivity index (χ0v) is 13.8. The van der Waals surface area contributed by atoms with Gasteiger partial charge in [0.2, 0.25) is 5.91 Å². The first kappa shape index (κ1) is 16.9. The van der Waals surface area contributed by atoms with E-state index in [1.807, 2.05) is 4.90 Å². The van der Waals surface area contributed by atoms with Crippen molar-refractivity contribution in [1.29, 1.82) is 0 Å². The summed E-state index contributed by atoms with van der Waals surface area (Å²) in [6.07, 6.45) is 3.13. The first-order valence-electron chi connectivity index (χ1n) is 8.18. The summed E-state index contributed by atoms with van der Waals surface area (Å²) in [6, 6.07) is 9.70. The van der Waals surface area contributed by atoms with Gasteiger partial charge in [0.15, 0.2) is 5.43 Å². The number of nitrogens with one attached hydrogen (secondary N) is 2. The highest BCUT2D eigenvalue weighted by Gasteiger charge is 2.17. The molecule has 1 saturated heterocycles. The number of benzene rings is 1. The molecule has 0 atom stereocenters. The number of pyridine rings is 1. The van der Waals surface area contributed by atoms with Crippen LogP contribution in [-0.2, 0) is 11.3 Å². The predicted molar refractivity (Wildman–Crippen MR) is 94.5 cm³/mol. The minimum absolute atomic E-state index is 0.00707. The molecule has 2 N–H and O–H groups in total. The fourth-order valence-corrected chi connectivity index (χ4v) is 2.66. The summed E-state index contributed by atoms with van der Waals surface area (Å²) < 4.78 is 1.62. The van der Waals surface area contributed by atoms with Gasteiger partial charge in [-0.25, -0.2) is 0 Å². The molecule has 2 amide bonds. The normalized spacial score (nSPS) is 14.2. The number of anilines is 1. The van der Waals surface area contributed by atoms with E-state index < -0.39 is 0 Å². The van der Waals surface area contributed by atoms with Crippen LogP contribution in [0.5, 0.6) is 0 Å². The summed E-state index contributed by atoms with van der Waals surface area (Å²) in [7, 11) is 0. The zero-order chi connectivity index (χ0) is 17.6. The standard InChI is InChI=1S/C18H20N4O3/c23-16-5-9-21(10-6-16)13-17(24)20-15-3-1-14(2-4-15)18(25)22-11-7-19-8-12-22/h1-6,9-10,19H,7-8,11-13H2,(H,20,24). The lowest BCUT2D eigenvalue weighted by Crippen LogP contribution is -2.46. The van der Waals surface area contributed by atoms with Gasteiger partial charge in [-0.15, -0.1) is 0 Å². The molecular formula is C18H20N4O3. The van der Waals surface area contributed by atoms with Gasteiger partial charge in [-0.2, -0.15) is 0 Å². The van der Waals surface area contributed by atoms with Crippen LogP contribution in [0.15, 0.2) is 53.6 Å². The van der Waals surface area contributed by atoms with Crippen molar-refractivity contribution in [2.75, 3.05) is 31.5 Å². The second-order valence-corrected chi connectivity index (χ2v) is 5.87. The number of aromatic nitrogens is 1. The summed E-state index contributed by atoms with van der Waals surface area (Å²) in [5, 5.41) is 5.99. The van der Waals surface area contributed by atoms with Crippen LogP contribution >= 0.6 is 0 Å². The Labute approximate surface area is 145 Å². The van der Waals surface area contributed by atoms with Crippen LogP contribution in [0.3, 0.4) is 0 Å². The van der Waals surface area contributed by atoms with Crippen molar-refractivity contribution in [2.24, 2.45) is 0 Å². The summed E-state index contributed by atoms with van der Waals surface area (Å²) in [6.45, 7) is 3.14. The molecule has 1 aliphatic heterocycles. The van der Waals surface area contributed by atoms with E-state index in [2.05, 4.69) is 10.6 Å². The lowest BCUT2D eigenvalue weighted by molar-refractivity contribution is -0.116. The molecule has 0 spiro atoms. The van der Waals surface area contributed by atoms with Crippen LogP contribution in [0.25, 0.3) is 0 Å². The van der Waals surface area contributed by atoms with Crippen molar-refractivity contribution in [3.05, 3.63) is 64.6 Å². The van der Waals surface area contributed by atoms with Gasteiger partial charge in [0, 0.05) is 62.0 Å². The fraction of sp³-hybridized carbons (Fsp3) is 0.278. The highest BCUT2D eigenvalue weighted by molar-refractivity contribution is 5.95. The number of carbonyl (C=O) groups excluding carboxylic acids is 2. The van der Waals surface area contributed by atoms with Crippen LogP contribution in [0.2, 0.25) is 0 Å². The minimum Gasteiger partial charge on any atom is -0.345 e. The number of hydrogen-bond donors (Lipinski definition) is 2. The summed E-state index contributed by atoms with van der Waals surface area (Å²) >= 11 is 0. The van der Waals surface area contributed by atoms with Crippen LogP contribution in [0, 0.1) is 0 Å². The largest absolute Gasteiger partial charge is 0.345 e. The second kappa shape index (κ2) is 7.76. The molecule has 1 fully saturated rings. The van der Waals surface area contributed by atoms with Crippen LogP contribution in [0.1, 0.15) is 10.4 Å². The number of piperazine rings is 1. The molecule has 2 heterocycles. The Morgan fingerprint density at radius 1 is 1.00 bits per heavy atom. The fourth-order valence-electron chi connectivity index (χ4n) is 2.66. The first-order valence-corrected chi connectivity index (χ1v) is 8.18. The van der Waals surface area contributed by atoms with Gasteiger partial charge in [-0.1, -0.05) is 0 Å². The Balaban J connectivity index is 1.58. The molecule has 0 unspecified atom stereocenters. The number of hydrogen-bond acceptors (Lipinski definition) is 4. The number of carbonyl (C=O) groups is 2. The van der Waals surface area contributed by atoms with Crippen molar-refractivity contribution < 1.29 is 9.59 Å². The zero-order valence-electron chi connectivity index (χ0n) is 13.8. The van der Waals surface area contributed by atoms with Crippen molar-refractivity contribution in [1.82, 2.24) is 14.8 Å². The number of rotatable bonds is 4. The molecule has 2 aromatic rings. The molecule has 0 bridgehead atoms. The van der Waals surface area contributed by atoms with Crippen molar-refractivity contribution in [2.45, 2.75) is 6.54 Å². The highest BCUT2D eigenvalue weighted by Crippen LogP contribution is 2.12. The molecule has 1 aliphatic rings. The topological polar surface area (TPSA) is 83.4 Å². The van der Waals surface area contributed by atoms with E-state index in [9.17, 15) is 14.4 Å². The lowest BCUT2D eigenvalue weighted by atomic mass is 10.1. The smallest absolute Gasteiger partial charge is 0.253 e. The Morgan fingerprint density at radius 2 is 1.64 bits per heavy atom. The molecule has 3 rings (SSSR count). The lowest BCUT2D eigenvalue weighted by Gasteiger charge is -2.27. The van der Waals surface area contributed by atoms with E-state index in [0.717, 1.165) is 13.1 Å². The summed E-state index contributed by atoms with van der Waals surface area (Å²) in [5.41, 5.74) is 1.14. The SMILES string of the molecule is O=C(Cn1ccc(=O)cc1)Nc1ccc(C(=O)N2CCNCC2)cc1. The van der Waals surface area contributed by atoms with Gasteiger partial charge in [0.05, 0.1) is 0 Å². The number of amides is 2. The van der Waals surface area contributed by atoms with Crippen molar-refractivity contribution >= 4 is 17.5 Å². The highest BCUT2D eigenvalue weighted by atomic mass is 16.2. The van der Waals surface area contributed by atoms with Crippen molar-refractivity contribution in [3.63, 3.8) is 0 Å².